The topological polar surface area (TPSA) is 26.0 Å². The van der Waals surface area contributed by atoms with Crippen LogP contribution < -0.4 is 11.0 Å². The molecule has 0 spiro atoms. The zero-order chi connectivity index (χ0) is 34.2. The van der Waals surface area contributed by atoms with Gasteiger partial charge >= 0.3 is 0 Å². The minimum atomic E-state index is -0.273. The van der Waals surface area contributed by atoms with E-state index in [2.05, 4.69) is 84.0 Å². The number of para-hydroxylation sites is 1. The van der Waals surface area contributed by atoms with Gasteiger partial charge in [0, 0.05) is 21.6 Å². The Morgan fingerprint density at radius 2 is 1.08 bits per heavy atom. The van der Waals surface area contributed by atoms with Crippen molar-refractivity contribution in [3.8, 4) is 22.3 Å². The molecule has 2 saturated carbocycles. The van der Waals surface area contributed by atoms with E-state index in [1.807, 2.05) is 42.5 Å². The fraction of sp³-hybridized carbons (Fsp3) is 0.467. The summed E-state index contributed by atoms with van der Waals surface area (Å²) in [5, 5.41) is 2.60. The normalized spacial score (nSPS) is 16.1. The molecule has 2 aliphatic rings. The first-order valence-electron chi connectivity index (χ1n) is 18.8. The van der Waals surface area contributed by atoms with Crippen LogP contribution in [0.5, 0.6) is 0 Å². The van der Waals surface area contributed by atoms with E-state index >= 15 is 0 Å². The molecular formula is C45H59ClNP. The van der Waals surface area contributed by atoms with Crippen LogP contribution >= 0.6 is 19.5 Å². The lowest BCUT2D eigenvalue weighted by Crippen LogP contribution is -2.28. The molecule has 4 aromatic carbocycles. The van der Waals surface area contributed by atoms with Gasteiger partial charge < -0.3 is 5.73 Å². The average molecular weight is 680 g/mol. The summed E-state index contributed by atoms with van der Waals surface area (Å²) >= 11 is 7.27. The van der Waals surface area contributed by atoms with E-state index < -0.39 is 0 Å². The molecule has 6 rings (SSSR count). The summed E-state index contributed by atoms with van der Waals surface area (Å²) in [6, 6.07) is 30.0. The van der Waals surface area contributed by atoms with E-state index in [1.54, 1.807) is 5.30 Å². The van der Waals surface area contributed by atoms with Crippen molar-refractivity contribution in [1.82, 2.24) is 0 Å². The van der Waals surface area contributed by atoms with E-state index in [4.69, 9.17) is 17.3 Å². The quantitative estimate of drug-likeness (QED) is 0.146. The highest BCUT2D eigenvalue weighted by atomic mass is 35.5. The highest BCUT2D eigenvalue weighted by Gasteiger charge is 2.36. The Labute approximate surface area is 298 Å². The minimum Gasteiger partial charge on any atom is -0.398 e. The second-order valence-corrected chi connectivity index (χ2v) is 18.2. The van der Waals surface area contributed by atoms with Crippen molar-refractivity contribution in [2.45, 2.75) is 135 Å². The summed E-state index contributed by atoms with van der Waals surface area (Å²) < 4.78 is 0. The van der Waals surface area contributed by atoms with E-state index in [9.17, 15) is 0 Å². The van der Waals surface area contributed by atoms with Crippen LogP contribution in [0.1, 0.15) is 140 Å². The van der Waals surface area contributed by atoms with Crippen molar-refractivity contribution in [3.05, 3.63) is 107 Å². The summed E-state index contributed by atoms with van der Waals surface area (Å²) in [6.45, 7) is 14.2. The van der Waals surface area contributed by atoms with Crippen LogP contribution in [0, 0.1) is 0 Å². The van der Waals surface area contributed by atoms with Gasteiger partial charge in [-0.2, -0.15) is 0 Å². The number of nitrogen functional groups attached to an aromatic ring is 1. The maximum absolute atomic E-state index is 7.27. The molecule has 0 aromatic heterocycles. The second-order valence-electron chi connectivity index (χ2n) is 15.1. The number of rotatable bonds is 8. The molecule has 0 unspecified atom stereocenters. The van der Waals surface area contributed by atoms with Gasteiger partial charge in [-0.05, 0) is 100 Å². The number of hydrogen-bond acceptors (Lipinski definition) is 1. The van der Waals surface area contributed by atoms with Gasteiger partial charge in [0.05, 0.1) is 0 Å². The Morgan fingerprint density at radius 3 is 1.58 bits per heavy atom. The smallest absolute Gasteiger partial charge is 0.0489 e. The molecule has 4 aromatic rings. The van der Waals surface area contributed by atoms with Gasteiger partial charge in [0.1, 0.15) is 0 Å². The number of hydrogen-bond donors (Lipinski definition) is 1. The Hall–Kier alpha value is -2.60. The lowest BCUT2D eigenvalue weighted by atomic mass is 9.82. The van der Waals surface area contributed by atoms with E-state index in [0.29, 0.717) is 17.8 Å². The molecular weight excluding hydrogens is 621 g/mol. The molecule has 0 bridgehead atoms. The maximum atomic E-state index is 7.27. The molecule has 2 aliphatic carbocycles. The predicted octanol–water partition coefficient (Wildman–Crippen LogP) is 14.1. The van der Waals surface area contributed by atoms with Crippen LogP contribution in [0.2, 0.25) is 5.02 Å². The van der Waals surface area contributed by atoms with E-state index in [1.165, 1.54) is 97.6 Å². The Kier molecular flexibility index (Phi) is 13.3. The fourth-order valence-electron chi connectivity index (χ4n) is 8.01. The second kappa shape index (κ2) is 17.4. The molecule has 3 heteroatoms. The number of benzene rings is 4. The monoisotopic (exact) mass is 679 g/mol. The third-order valence-corrected chi connectivity index (χ3v) is 14.7. The first kappa shape index (κ1) is 36.7. The minimum absolute atomic E-state index is 0.273. The van der Waals surface area contributed by atoms with E-state index in [0.717, 1.165) is 27.6 Å². The highest BCUT2D eigenvalue weighted by Crippen LogP contribution is 2.58. The number of nitrogens with two attached hydrogens (primary N) is 1. The summed E-state index contributed by atoms with van der Waals surface area (Å²) in [4.78, 5) is 0. The van der Waals surface area contributed by atoms with Crippen molar-refractivity contribution in [3.63, 3.8) is 0 Å². The molecule has 0 heterocycles. The van der Waals surface area contributed by atoms with E-state index in [-0.39, 0.29) is 7.92 Å². The average Bonchev–Trinajstić information content (AvgIpc) is 3.10. The van der Waals surface area contributed by atoms with Gasteiger partial charge in [-0.1, -0.05) is 172 Å². The Balaban J connectivity index is 0.000000288. The maximum Gasteiger partial charge on any atom is 0.0489 e. The first-order valence-corrected chi connectivity index (χ1v) is 20.7. The van der Waals surface area contributed by atoms with Crippen LogP contribution in [0.4, 0.5) is 5.69 Å². The lowest BCUT2D eigenvalue weighted by molar-refractivity contribution is 0.487. The standard InChI is InChI=1S/C33H48ClP.C12H11N/c1-22(2)25-20-29(23(3)4)32(30(21-25)24(5)6)28-18-13-19-31(34)33(28)35(26-14-9-7-10-15-26)27-16-11-8-12-17-27;13-12-9-5-4-8-11(12)10-6-2-1-3-7-10/h13,18-24,26-27H,7-12,14-17H2,1-6H3;1-9H,13H2. The van der Waals surface area contributed by atoms with Crippen LogP contribution in [0.25, 0.3) is 22.3 Å². The fourth-order valence-corrected chi connectivity index (χ4v) is 12.4. The Morgan fingerprint density at radius 1 is 0.583 bits per heavy atom. The van der Waals surface area contributed by atoms with Crippen LogP contribution in [-0.2, 0) is 0 Å². The van der Waals surface area contributed by atoms with Crippen LogP contribution in [-0.4, -0.2) is 11.3 Å². The van der Waals surface area contributed by atoms with Crippen LogP contribution in [0.3, 0.4) is 0 Å². The lowest BCUT2D eigenvalue weighted by Gasteiger charge is -2.40. The molecule has 2 fully saturated rings. The highest BCUT2D eigenvalue weighted by molar-refractivity contribution is 7.67. The zero-order valence-electron chi connectivity index (χ0n) is 30.4. The third-order valence-electron chi connectivity index (χ3n) is 10.6. The van der Waals surface area contributed by atoms with Gasteiger partial charge in [-0.15, -0.1) is 0 Å². The van der Waals surface area contributed by atoms with Gasteiger partial charge in [-0.25, -0.2) is 0 Å². The molecule has 48 heavy (non-hydrogen) atoms. The molecule has 1 nitrogen and oxygen atoms in total. The van der Waals surface area contributed by atoms with Crippen LogP contribution in [0.15, 0.2) is 84.9 Å². The zero-order valence-corrected chi connectivity index (χ0v) is 32.1. The summed E-state index contributed by atoms with van der Waals surface area (Å²) in [6.07, 6.45) is 14.1. The number of anilines is 1. The SMILES string of the molecule is CC(C)c1cc(C(C)C)c(-c2cccc(Cl)c2P(C2CCCCC2)C2CCCCC2)c(C(C)C)c1.Nc1ccccc1-c1ccccc1. The largest absolute Gasteiger partial charge is 0.398 e. The Bertz CT molecular complexity index is 1550. The van der Waals surface area contributed by atoms with Crippen molar-refractivity contribution in [2.24, 2.45) is 0 Å². The summed E-state index contributed by atoms with van der Waals surface area (Å²) in [5.41, 5.74) is 18.1. The number of halogens is 1. The van der Waals surface area contributed by atoms with Gasteiger partial charge in [0.15, 0.2) is 0 Å². The molecule has 0 atom stereocenters. The summed E-state index contributed by atoms with van der Waals surface area (Å²) in [5.74, 6) is 1.52. The molecule has 0 radical (unpaired) electrons. The molecule has 0 amide bonds. The van der Waals surface area contributed by atoms with Crippen molar-refractivity contribution in [2.75, 3.05) is 5.73 Å². The molecule has 2 N–H and O–H groups in total. The van der Waals surface area contributed by atoms with Gasteiger partial charge in [-0.3, -0.25) is 0 Å². The summed E-state index contributed by atoms with van der Waals surface area (Å²) in [7, 11) is -0.273. The van der Waals surface area contributed by atoms with Crippen molar-refractivity contribution < 1.29 is 0 Å². The molecule has 0 saturated heterocycles. The molecule has 0 aliphatic heterocycles. The third kappa shape index (κ3) is 8.76. The molecule has 256 valence electrons. The van der Waals surface area contributed by atoms with Crippen molar-refractivity contribution in [1.29, 1.82) is 0 Å². The van der Waals surface area contributed by atoms with Crippen molar-refractivity contribution >= 4 is 30.5 Å². The predicted molar refractivity (Wildman–Crippen MR) is 216 cm³/mol. The van der Waals surface area contributed by atoms with Gasteiger partial charge in [0.25, 0.3) is 0 Å². The first-order chi connectivity index (χ1) is 23.2. The van der Waals surface area contributed by atoms with Gasteiger partial charge in [0.2, 0.25) is 0 Å².